The molecule has 1 atom stereocenters. The van der Waals surface area contributed by atoms with Gasteiger partial charge in [-0.25, -0.2) is 18.5 Å². The fraction of sp³-hybridized carbons (Fsp3) is 0.500. The molecular weight excluding hydrogens is 412 g/mol. The second-order valence-electron chi connectivity index (χ2n) is 8.23. The minimum atomic E-state index is -4.00. The van der Waals surface area contributed by atoms with Gasteiger partial charge in [-0.3, -0.25) is 4.68 Å². The van der Waals surface area contributed by atoms with Gasteiger partial charge >= 0.3 is 6.03 Å². The van der Waals surface area contributed by atoms with Crippen LogP contribution in [-0.2, 0) is 48.1 Å². The molecule has 2 amide bonds. The van der Waals surface area contributed by atoms with Crippen LogP contribution < -0.4 is 10.0 Å². The van der Waals surface area contributed by atoms with Crippen molar-refractivity contribution in [3.8, 4) is 0 Å². The molecule has 1 aliphatic heterocycles. The highest BCUT2D eigenvalue weighted by Gasteiger charge is 2.43. The number of benzene rings is 1. The molecule has 0 radical (unpaired) electrons. The number of carbonyl (C=O) groups is 1. The molecular formula is C20H23F2N5O2S. The van der Waals surface area contributed by atoms with E-state index in [1.165, 1.54) is 11.1 Å². The topological polar surface area (TPSA) is 99.9 Å². The fourth-order valence-corrected chi connectivity index (χ4v) is 6.12. The first-order chi connectivity index (χ1) is 14.3. The van der Waals surface area contributed by atoms with Gasteiger partial charge in [-0.1, -0.05) is 6.07 Å². The number of nitrogens with zero attached hydrogens (tertiary/aromatic N) is 2. The van der Waals surface area contributed by atoms with Crippen LogP contribution in [0.4, 0.5) is 19.3 Å². The second kappa shape index (κ2) is 6.76. The number of nitrogens with one attached hydrogen (secondary N) is 3. The van der Waals surface area contributed by atoms with E-state index in [0.717, 1.165) is 66.2 Å². The Morgan fingerprint density at radius 3 is 2.47 bits per heavy atom. The first-order valence-corrected chi connectivity index (χ1v) is 11.8. The Labute approximate surface area is 173 Å². The lowest BCUT2D eigenvalue weighted by Gasteiger charge is -2.24. The molecule has 3 aliphatic rings. The van der Waals surface area contributed by atoms with Crippen molar-refractivity contribution in [3.63, 3.8) is 0 Å². The average molecular weight is 436 g/mol. The number of hydrogen-bond donors (Lipinski definition) is 3. The van der Waals surface area contributed by atoms with Gasteiger partial charge < -0.3 is 5.32 Å². The van der Waals surface area contributed by atoms with Crippen LogP contribution in [0.3, 0.4) is 0 Å². The monoisotopic (exact) mass is 435 g/mol. The van der Waals surface area contributed by atoms with Crippen molar-refractivity contribution < 1.29 is 17.8 Å². The maximum Gasteiger partial charge on any atom is 0.331 e. The minimum absolute atomic E-state index is 0.248. The lowest BCUT2D eigenvalue weighted by Crippen LogP contribution is -2.36. The predicted octanol–water partition coefficient (Wildman–Crippen LogP) is 3.89. The van der Waals surface area contributed by atoms with Crippen LogP contribution in [0.25, 0.3) is 0 Å². The summed E-state index contributed by atoms with van der Waals surface area (Å²) in [6.07, 6.45) is 6.55. The van der Waals surface area contributed by atoms with Crippen LogP contribution in [0.15, 0.2) is 17.2 Å². The maximum atomic E-state index is 14.4. The van der Waals surface area contributed by atoms with E-state index in [2.05, 4.69) is 21.2 Å². The summed E-state index contributed by atoms with van der Waals surface area (Å²) in [5.74, 6) is -3.23. The molecule has 2 heterocycles. The van der Waals surface area contributed by atoms with E-state index in [1.807, 2.05) is 0 Å². The second-order valence-corrected chi connectivity index (χ2v) is 9.99. The summed E-state index contributed by atoms with van der Waals surface area (Å²) >= 11 is 0. The minimum Gasteiger partial charge on any atom is -0.307 e. The van der Waals surface area contributed by atoms with E-state index in [1.54, 1.807) is 0 Å². The number of hydrogen-bond acceptors (Lipinski definition) is 4. The first kappa shape index (κ1) is 19.5. The van der Waals surface area contributed by atoms with Gasteiger partial charge in [0.25, 0.3) is 5.92 Å². The molecule has 30 heavy (non-hydrogen) atoms. The van der Waals surface area contributed by atoms with Gasteiger partial charge in [0.1, 0.15) is 10.6 Å². The Balaban J connectivity index is 1.43. The van der Waals surface area contributed by atoms with E-state index >= 15 is 0 Å². The van der Waals surface area contributed by atoms with Gasteiger partial charge in [0, 0.05) is 18.7 Å². The van der Waals surface area contributed by atoms with Gasteiger partial charge in [-0.05, 0) is 67.2 Å². The molecule has 2 aliphatic carbocycles. The number of halogens is 2. The number of aryl methyl sites for hydroxylation is 3. The summed E-state index contributed by atoms with van der Waals surface area (Å²) in [6, 6.07) is 1.41. The van der Waals surface area contributed by atoms with Crippen LogP contribution in [0.5, 0.6) is 0 Å². The smallest absolute Gasteiger partial charge is 0.307 e. The van der Waals surface area contributed by atoms with Crippen LogP contribution in [0.2, 0.25) is 0 Å². The molecule has 0 spiro atoms. The Morgan fingerprint density at radius 2 is 1.80 bits per heavy atom. The summed E-state index contributed by atoms with van der Waals surface area (Å²) in [5.41, 5.74) is 4.85. The van der Waals surface area contributed by atoms with Crippen molar-refractivity contribution in [1.29, 1.82) is 4.78 Å². The van der Waals surface area contributed by atoms with E-state index < -0.39 is 38.9 Å². The van der Waals surface area contributed by atoms with Crippen molar-refractivity contribution in [2.45, 2.75) is 68.7 Å². The highest BCUT2D eigenvalue weighted by molar-refractivity contribution is 7.91. The molecule has 0 bridgehead atoms. The first-order valence-electron chi connectivity index (χ1n) is 10.2. The summed E-state index contributed by atoms with van der Waals surface area (Å²) < 4.78 is 53.2. The number of fused-ring (bicyclic) bond motifs is 3. The Bertz CT molecular complexity index is 1120. The van der Waals surface area contributed by atoms with Crippen LogP contribution in [0.1, 0.15) is 53.6 Å². The molecule has 10 heteroatoms. The zero-order valence-corrected chi connectivity index (χ0v) is 17.2. The van der Waals surface area contributed by atoms with Crippen LogP contribution >= 0.6 is 0 Å². The number of urea groups is 1. The summed E-state index contributed by atoms with van der Waals surface area (Å²) in [6.45, 7) is 0.273. The maximum absolute atomic E-state index is 14.4. The van der Waals surface area contributed by atoms with E-state index in [0.29, 0.717) is 0 Å². The number of amides is 2. The zero-order valence-electron chi connectivity index (χ0n) is 16.4. The van der Waals surface area contributed by atoms with Crippen LogP contribution in [0, 0.1) is 4.78 Å². The number of carbonyl (C=O) groups excluding carboxylic acids is 1. The van der Waals surface area contributed by atoms with Gasteiger partial charge in [0.2, 0.25) is 0 Å². The summed E-state index contributed by atoms with van der Waals surface area (Å²) in [7, 11) is -4.00. The molecule has 160 valence electrons. The Hall–Kier alpha value is -2.49. The largest absolute Gasteiger partial charge is 0.331 e. The summed E-state index contributed by atoms with van der Waals surface area (Å²) in [5, 5.41) is 6.67. The summed E-state index contributed by atoms with van der Waals surface area (Å²) in [4.78, 5) is 12.3. The SMILES string of the molecule is N=[S@@](=O)(NC(=O)Nc1c2c(cc3c1CCC3)CCC2)c1cnn2c1C(F)(F)CCC2. The van der Waals surface area contributed by atoms with Crippen molar-refractivity contribution in [2.24, 2.45) is 0 Å². The van der Waals surface area contributed by atoms with Gasteiger partial charge in [0.15, 0.2) is 9.92 Å². The molecule has 3 N–H and O–H groups in total. The van der Waals surface area contributed by atoms with Crippen LogP contribution in [-0.4, -0.2) is 20.0 Å². The highest BCUT2D eigenvalue weighted by atomic mass is 32.2. The molecule has 0 saturated carbocycles. The third-order valence-corrected chi connectivity index (χ3v) is 7.66. The lowest BCUT2D eigenvalue weighted by atomic mass is 9.99. The van der Waals surface area contributed by atoms with Crippen molar-refractivity contribution >= 4 is 21.6 Å². The number of alkyl halides is 2. The molecule has 2 aromatic rings. The van der Waals surface area contributed by atoms with Crippen molar-refractivity contribution in [3.05, 3.63) is 40.2 Å². The van der Waals surface area contributed by atoms with Gasteiger partial charge in [0.05, 0.1) is 6.20 Å². The van der Waals surface area contributed by atoms with Gasteiger partial charge in [-0.15, -0.1) is 0 Å². The number of anilines is 1. The quantitative estimate of drug-likeness (QED) is 0.682. The Morgan fingerprint density at radius 1 is 1.13 bits per heavy atom. The molecule has 0 saturated heterocycles. The highest BCUT2D eigenvalue weighted by Crippen LogP contribution is 2.41. The normalized spacial score (nSPS) is 20.7. The van der Waals surface area contributed by atoms with Gasteiger partial charge in [-0.2, -0.15) is 13.9 Å². The van der Waals surface area contributed by atoms with E-state index in [9.17, 15) is 17.8 Å². The molecule has 5 rings (SSSR count). The zero-order chi connectivity index (χ0) is 21.1. The molecule has 1 aromatic heterocycles. The molecule has 7 nitrogen and oxygen atoms in total. The molecule has 0 unspecified atom stereocenters. The third kappa shape index (κ3) is 3.08. The Kier molecular flexibility index (Phi) is 4.39. The third-order valence-electron chi connectivity index (χ3n) is 6.27. The standard InChI is InChI=1S/C20H23F2N5O2S/c21-20(22)8-3-9-27-18(20)16(11-24-27)30(23,29)26-19(28)25-17-14-6-1-4-12(14)10-13-5-2-7-15(13)17/h10-11H,1-9H2,(H3,23,25,26,28,29)/t30-/m1/s1. The van der Waals surface area contributed by atoms with Crippen molar-refractivity contribution in [1.82, 2.24) is 14.5 Å². The molecule has 1 aromatic carbocycles. The average Bonchev–Trinajstić information content (AvgIpc) is 3.39. The van der Waals surface area contributed by atoms with E-state index in [4.69, 9.17) is 4.78 Å². The number of rotatable bonds is 3. The molecule has 0 fully saturated rings. The van der Waals surface area contributed by atoms with E-state index in [-0.39, 0.29) is 13.0 Å². The van der Waals surface area contributed by atoms with Crippen molar-refractivity contribution in [2.75, 3.05) is 5.32 Å². The predicted molar refractivity (Wildman–Crippen MR) is 107 cm³/mol. The number of aromatic nitrogens is 2. The fourth-order valence-electron chi connectivity index (χ4n) is 4.98. The lowest BCUT2D eigenvalue weighted by molar-refractivity contribution is -0.0393.